The van der Waals surface area contributed by atoms with Crippen LogP contribution in [0.3, 0.4) is 0 Å². The molecule has 2 aromatic carbocycles. The van der Waals surface area contributed by atoms with Crippen LogP contribution in [-0.4, -0.2) is 48.4 Å². The number of amides is 1. The number of carbonyl (C=O) groups is 1. The van der Waals surface area contributed by atoms with E-state index in [0.29, 0.717) is 25.3 Å². The number of nitrogens with zero attached hydrogens (tertiary/aromatic N) is 3. The molecular weight excluding hydrogens is 416 g/mol. The fraction of sp³-hybridized carbons (Fsp3) is 0.273. The van der Waals surface area contributed by atoms with Crippen molar-refractivity contribution in [2.24, 2.45) is 0 Å². The first-order chi connectivity index (χ1) is 14.9. The molecular formula is C22H26N4O4S. The Hall–Kier alpha value is -3.17. The molecule has 0 aliphatic heterocycles. The number of aromatic nitrogens is 2. The zero-order valence-electron chi connectivity index (χ0n) is 17.8. The standard InChI is InChI=1S/C22H26N4O4S/c1-4-26(5-2)31(28,29)20-12-8-18(9-13-20)25-15-21(24-16-25)22(27)23-14-17-6-10-19(30-3)11-7-17/h6-13,15-16H,4-5,14H2,1-3H3,(H,23,27). The summed E-state index contributed by atoms with van der Waals surface area (Å²) in [5, 5.41) is 2.83. The van der Waals surface area contributed by atoms with E-state index in [4.69, 9.17) is 4.74 Å². The molecule has 164 valence electrons. The van der Waals surface area contributed by atoms with E-state index >= 15 is 0 Å². The van der Waals surface area contributed by atoms with Gasteiger partial charge in [-0.15, -0.1) is 0 Å². The zero-order chi connectivity index (χ0) is 22.4. The van der Waals surface area contributed by atoms with Crippen molar-refractivity contribution >= 4 is 15.9 Å². The van der Waals surface area contributed by atoms with Gasteiger partial charge in [0, 0.05) is 31.5 Å². The van der Waals surface area contributed by atoms with Crippen LogP contribution in [0.15, 0.2) is 66.0 Å². The number of hydrogen-bond acceptors (Lipinski definition) is 5. The molecule has 31 heavy (non-hydrogen) atoms. The van der Waals surface area contributed by atoms with Gasteiger partial charge in [0.25, 0.3) is 5.91 Å². The Morgan fingerprint density at radius 1 is 1.06 bits per heavy atom. The zero-order valence-corrected chi connectivity index (χ0v) is 18.6. The quantitative estimate of drug-likeness (QED) is 0.550. The summed E-state index contributed by atoms with van der Waals surface area (Å²) in [6.07, 6.45) is 3.13. The van der Waals surface area contributed by atoms with E-state index in [2.05, 4.69) is 10.3 Å². The fourth-order valence-electron chi connectivity index (χ4n) is 3.10. The number of sulfonamides is 1. The third-order valence-corrected chi connectivity index (χ3v) is 6.97. The van der Waals surface area contributed by atoms with E-state index in [-0.39, 0.29) is 16.5 Å². The van der Waals surface area contributed by atoms with E-state index in [1.165, 1.54) is 10.6 Å². The molecule has 0 fully saturated rings. The second kappa shape index (κ2) is 9.76. The van der Waals surface area contributed by atoms with Crippen molar-refractivity contribution in [3.8, 4) is 11.4 Å². The fourth-order valence-corrected chi connectivity index (χ4v) is 4.56. The molecule has 0 saturated heterocycles. The van der Waals surface area contributed by atoms with Gasteiger partial charge >= 0.3 is 0 Å². The van der Waals surface area contributed by atoms with Crippen LogP contribution in [0.2, 0.25) is 0 Å². The van der Waals surface area contributed by atoms with Gasteiger partial charge in [0.05, 0.1) is 12.0 Å². The van der Waals surface area contributed by atoms with Gasteiger partial charge in [-0.3, -0.25) is 4.79 Å². The van der Waals surface area contributed by atoms with Gasteiger partial charge in [-0.2, -0.15) is 4.31 Å². The first-order valence-electron chi connectivity index (χ1n) is 9.94. The lowest BCUT2D eigenvalue weighted by molar-refractivity contribution is 0.0946. The van der Waals surface area contributed by atoms with Gasteiger partial charge in [-0.1, -0.05) is 26.0 Å². The maximum atomic E-state index is 12.6. The molecule has 0 aliphatic carbocycles. The van der Waals surface area contributed by atoms with E-state index in [1.807, 2.05) is 38.1 Å². The minimum absolute atomic E-state index is 0.234. The van der Waals surface area contributed by atoms with Gasteiger partial charge in [-0.05, 0) is 42.0 Å². The van der Waals surface area contributed by atoms with Gasteiger partial charge in [0.2, 0.25) is 10.0 Å². The lowest BCUT2D eigenvalue weighted by atomic mass is 10.2. The minimum atomic E-state index is -3.51. The van der Waals surface area contributed by atoms with Crippen LogP contribution < -0.4 is 10.1 Å². The highest BCUT2D eigenvalue weighted by Crippen LogP contribution is 2.18. The monoisotopic (exact) mass is 442 g/mol. The third-order valence-electron chi connectivity index (χ3n) is 4.91. The Bertz CT molecular complexity index is 1120. The van der Waals surface area contributed by atoms with Crippen LogP contribution >= 0.6 is 0 Å². The molecule has 9 heteroatoms. The number of ether oxygens (including phenoxy) is 1. The number of benzene rings is 2. The summed E-state index contributed by atoms with van der Waals surface area (Å²) in [5.41, 5.74) is 1.92. The summed E-state index contributed by atoms with van der Waals surface area (Å²) >= 11 is 0. The van der Waals surface area contributed by atoms with Crippen molar-refractivity contribution in [1.29, 1.82) is 0 Å². The molecule has 0 bridgehead atoms. The molecule has 0 spiro atoms. The summed E-state index contributed by atoms with van der Waals surface area (Å²) in [4.78, 5) is 16.8. The lowest BCUT2D eigenvalue weighted by Gasteiger charge is -2.18. The van der Waals surface area contributed by atoms with E-state index in [0.717, 1.165) is 11.3 Å². The van der Waals surface area contributed by atoms with Crippen molar-refractivity contribution in [3.63, 3.8) is 0 Å². The van der Waals surface area contributed by atoms with Crippen molar-refractivity contribution in [1.82, 2.24) is 19.2 Å². The van der Waals surface area contributed by atoms with Crippen LogP contribution in [0.1, 0.15) is 29.9 Å². The molecule has 0 unspecified atom stereocenters. The Labute approximate surface area is 182 Å². The Morgan fingerprint density at radius 3 is 2.29 bits per heavy atom. The smallest absolute Gasteiger partial charge is 0.271 e. The Balaban J connectivity index is 1.67. The van der Waals surface area contributed by atoms with Crippen LogP contribution in [0, 0.1) is 0 Å². The van der Waals surface area contributed by atoms with Crippen LogP contribution in [-0.2, 0) is 16.6 Å². The number of nitrogens with one attached hydrogen (secondary N) is 1. The Kier molecular flexibility index (Phi) is 7.09. The van der Waals surface area contributed by atoms with Gasteiger partial charge in [0.15, 0.2) is 0 Å². The highest BCUT2D eigenvalue weighted by molar-refractivity contribution is 7.89. The van der Waals surface area contributed by atoms with Gasteiger partial charge in [0.1, 0.15) is 17.8 Å². The first kappa shape index (κ1) is 22.5. The summed E-state index contributed by atoms with van der Waals surface area (Å²) in [5.74, 6) is 0.458. The maximum absolute atomic E-state index is 12.6. The van der Waals surface area contributed by atoms with Crippen LogP contribution in [0.4, 0.5) is 0 Å². The molecule has 8 nitrogen and oxygen atoms in total. The van der Waals surface area contributed by atoms with Crippen LogP contribution in [0.5, 0.6) is 5.75 Å². The molecule has 0 aliphatic rings. The molecule has 3 aromatic rings. The predicted molar refractivity (Wildman–Crippen MR) is 118 cm³/mol. The SMILES string of the molecule is CCN(CC)S(=O)(=O)c1ccc(-n2cnc(C(=O)NCc3ccc(OC)cc3)c2)cc1. The third kappa shape index (κ3) is 5.12. The Morgan fingerprint density at radius 2 is 1.71 bits per heavy atom. The minimum Gasteiger partial charge on any atom is -0.497 e. The summed E-state index contributed by atoms with van der Waals surface area (Å²) in [6, 6.07) is 13.9. The van der Waals surface area contributed by atoms with Crippen molar-refractivity contribution < 1.29 is 17.9 Å². The molecule has 3 rings (SSSR count). The summed E-state index contributed by atoms with van der Waals surface area (Å²) in [6.45, 7) is 4.81. The summed E-state index contributed by atoms with van der Waals surface area (Å²) < 4.78 is 33.4. The molecule has 0 radical (unpaired) electrons. The van der Waals surface area contributed by atoms with Crippen molar-refractivity contribution in [2.75, 3.05) is 20.2 Å². The molecule has 0 atom stereocenters. The van der Waals surface area contributed by atoms with Gasteiger partial charge < -0.3 is 14.6 Å². The van der Waals surface area contributed by atoms with Crippen LogP contribution in [0.25, 0.3) is 5.69 Å². The lowest BCUT2D eigenvalue weighted by Crippen LogP contribution is -2.30. The van der Waals surface area contributed by atoms with E-state index in [9.17, 15) is 13.2 Å². The second-order valence-corrected chi connectivity index (χ2v) is 8.72. The van der Waals surface area contributed by atoms with Crippen molar-refractivity contribution in [2.45, 2.75) is 25.3 Å². The summed E-state index contributed by atoms with van der Waals surface area (Å²) in [7, 11) is -1.91. The average Bonchev–Trinajstić information content (AvgIpc) is 3.29. The average molecular weight is 443 g/mol. The highest BCUT2D eigenvalue weighted by atomic mass is 32.2. The largest absolute Gasteiger partial charge is 0.497 e. The predicted octanol–water partition coefficient (Wildman–Crippen LogP) is 2.84. The normalized spacial score (nSPS) is 11.5. The number of hydrogen-bond donors (Lipinski definition) is 1. The molecule has 1 aromatic heterocycles. The van der Waals surface area contributed by atoms with E-state index < -0.39 is 10.0 Å². The molecule has 1 amide bonds. The topological polar surface area (TPSA) is 93.5 Å². The first-order valence-corrected chi connectivity index (χ1v) is 11.4. The number of methoxy groups -OCH3 is 1. The maximum Gasteiger partial charge on any atom is 0.271 e. The number of rotatable bonds is 9. The second-order valence-electron chi connectivity index (χ2n) is 6.78. The molecule has 0 saturated carbocycles. The van der Waals surface area contributed by atoms with E-state index in [1.54, 1.807) is 42.1 Å². The van der Waals surface area contributed by atoms with Gasteiger partial charge in [-0.25, -0.2) is 13.4 Å². The number of carbonyl (C=O) groups excluding carboxylic acids is 1. The highest BCUT2D eigenvalue weighted by Gasteiger charge is 2.21. The molecule has 1 heterocycles. The molecule has 1 N–H and O–H groups in total. The number of imidazole rings is 1. The van der Waals surface area contributed by atoms with Crippen molar-refractivity contribution in [3.05, 3.63) is 72.3 Å².